The molecule has 0 spiro atoms. The molecule has 0 aliphatic carbocycles. The molecule has 0 unspecified atom stereocenters. The Morgan fingerprint density at radius 3 is 2.55 bits per heavy atom. The van der Waals surface area contributed by atoms with Gasteiger partial charge in [0.2, 0.25) is 0 Å². The van der Waals surface area contributed by atoms with Gasteiger partial charge in [-0.05, 0) is 49.7 Å². The van der Waals surface area contributed by atoms with Gasteiger partial charge in [0.1, 0.15) is 12.9 Å². The average molecular weight is 426 g/mol. The number of aliphatic hydroxyl groups excluding tert-OH is 1. The Morgan fingerprint density at radius 1 is 1.00 bits per heavy atom. The third-order valence-corrected chi connectivity index (χ3v) is 6.59. The van der Waals surface area contributed by atoms with E-state index in [4.69, 9.17) is 14.3 Å². The summed E-state index contributed by atoms with van der Waals surface area (Å²) in [6.45, 7) is 1.72. The number of hydroxylamine groups is 2. The van der Waals surface area contributed by atoms with Gasteiger partial charge in [0, 0.05) is 18.6 Å². The van der Waals surface area contributed by atoms with Crippen LogP contribution in [0.4, 0.5) is 0 Å². The largest absolute Gasteiger partial charge is 0.396 e. The van der Waals surface area contributed by atoms with Crippen molar-refractivity contribution in [3.8, 4) is 0 Å². The summed E-state index contributed by atoms with van der Waals surface area (Å²) in [5, 5.41) is 11.6. The molecular formula is C26H35NO4. The first kappa shape index (κ1) is 22.4. The maximum absolute atomic E-state index is 9.29. The molecule has 168 valence electrons. The summed E-state index contributed by atoms with van der Waals surface area (Å²) in [6, 6.07) is 20.9. The smallest absolute Gasteiger partial charge is 0.147 e. The third-order valence-electron chi connectivity index (χ3n) is 6.59. The topological polar surface area (TPSA) is 51.2 Å². The number of ether oxygens (including phenoxy) is 2. The fourth-order valence-electron chi connectivity index (χ4n) is 5.07. The van der Waals surface area contributed by atoms with E-state index in [1.807, 2.05) is 18.2 Å². The Morgan fingerprint density at radius 2 is 1.77 bits per heavy atom. The van der Waals surface area contributed by atoms with Crippen LogP contribution in [0, 0.1) is 0 Å². The first-order valence-electron chi connectivity index (χ1n) is 11.6. The van der Waals surface area contributed by atoms with Crippen molar-refractivity contribution in [3.63, 3.8) is 0 Å². The van der Waals surface area contributed by atoms with Crippen LogP contribution in [0.3, 0.4) is 0 Å². The number of nitrogens with zero attached hydrogens (tertiary/aromatic N) is 1. The maximum Gasteiger partial charge on any atom is 0.147 e. The zero-order valence-electron chi connectivity index (χ0n) is 18.3. The molecule has 1 N–H and O–H groups in total. The quantitative estimate of drug-likeness (QED) is 0.405. The van der Waals surface area contributed by atoms with Gasteiger partial charge in [-0.25, -0.2) is 0 Å². The first-order valence-corrected chi connectivity index (χ1v) is 11.6. The van der Waals surface area contributed by atoms with Crippen LogP contribution < -0.4 is 0 Å². The van der Waals surface area contributed by atoms with E-state index in [2.05, 4.69) is 47.5 Å². The van der Waals surface area contributed by atoms with Crippen LogP contribution in [0.15, 0.2) is 60.7 Å². The second-order valence-corrected chi connectivity index (χ2v) is 8.81. The second kappa shape index (κ2) is 11.2. The van der Waals surface area contributed by atoms with Crippen molar-refractivity contribution in [2.24, 2.45) is 0 Å². The SMILES string of the molecule is OCCCC[C@]12CCC[C@H](COCOCc3ccccc3)N1O[C@H](c1ccccc1)C2. The number of unbranched alkanes of at least 4 members (excludes halogenated alkanes) is 1. The highest BCUT2D eigenvalue weighted by atomic mass is 16.7. The van der Waals surface area contributed by atoms with Gasteiger partial charge in [-0.2, -0.15) is 5.06 Å². The van der Waals surface area contributed by atoms with Gasteiger partial charge in [0.25, 0.3) is 0 Å². The predicted octanol–water partition coefficient (Wildman–Crippen LogP) is 5.01. The number of hydrogen-bond donors (Lipinski definition) is 1. The van der Waals surface area contributed by atoms with Gasteiger partial charge >= 0.3 is 0 Å². The Kier molecular flexibility index (Phi) is 8.11. The van der Waals surface area contributed by atoms with Crippen LogP contribution in [0.5, 0.6) is 0 Å². The molecule has 31 heavy (non-hydrogen) atoms. The Labute approximate surface area is 185 Å². The first-order chi connectivity index (χ1) is 15.3. The highest BCUT2D eigenvalue weighted by Crippen LogP contribution is 2.49. The molecule has 5 heteroatoms. The number of hydrogen-bond acceptors (Lipinski definition) is 5. The zero-order valence-corrected chi connectivity index (χ0v) is 18.3. The lowest BCUT2D eigenvalue weighted by Crippen LogP contribution is -2.53. The van der Waals surface area contributed by atoms with Crippen molar-refractivity contribution < 1.29 is 19.4 Å². The predicted molar refractivity (Wildman–Crippen MR) is 120 cm³/mol. The highest BCUT2D eigenvalue weighted by Gasteiger charge is 2.51. The van der Waals surface area contributed by atoms with Gasteiger partial charge in [-0.15, -0.1) is 0 Å². The van der Waals surface area contributed by atoms with E-state index in [-0.39, 0.29) is 24.3 Å². The van der Waals surface area contributed by atoms with Gasteiger partial charge in [-0.1, -0.05) is 60.7 Å². The molecule has 2 saturated heterocycles. The van der Waals surface area contributed by atoms with Gasteiger partial charge in [-0.3, -0.25) is 4.84 Å². The van der Waals surface area contributed by atoms with Crippen molar-refractivity contribution in [2.45, 2.75) is 69.2 Å². The lowest BCUT2D eigenvalue weighted by molar-refractivity contribution is -0.244. The summed E-state index contributed by atoms with van der Waals surface area (Å²) in [7, 11) is 0. The minimum Gasteiger partial charge on any atom is -0.396 e. The average Bonchev–Trinajstić information content (AvgIpc) is 3.21. The van der Waals surface area contributed by atoms with Crippen LogP contribution in [0.25, 0.3) is 0 Å². The fourth-order valence-corrected chi connectivity index (χ4v) is 5.07. The summed E-state index contributed by atoms with van der Waals surface area (Å²) < 4.78 is 11.6. The van der Waals surface area contributed by atoms with E-state index < -0.39 is 0 Å². The molecule has 2 fully saturated rings. The molecule has 0 saturated carbocycles. The van der Waals surface area contributed by atoms with Crippen molar-refractivity contribution >= 4 is 0 Å². The van der Waals surface area contributed by atoms with E-state index in [1.165, 1.54) is 12.0 Å². The van der Waals surface area contributed by atoms with Crippen LogP contribution in [-0.4, -0.2) is 41.8 Å². The Balaban J connectivity index is 1.35. The van der Waals surface area contributed by atoms with Crippen molar-refractivity contribution in [1.29, 1.82) is 0 Å². The van der Waals surface area contributed by atoms with E-state index in [0.717, 1.165) is 44.1 Å². The van der Waals surface area contributed by atoms with E-state index in [0.29, 0.717) is 20.0 Å². The minimum atomic E-state index is 0.0346. The maximum atomic E-state index is 9.29. The number of aliphatic hydroxyl groups is 1. The highest BCUT2D eigenvalue weighted by molar-refractivity contribution is 5.20. The molecule has 2 heterocycles. The molecule has 0 bridgehead atoms. The molecule has 0 amide bonds. The van der Waals surface area contributed by atoms with Crippen LogP contribution in [-0.2, 0) is 20.9 Å². The number of fused-ring (bicyclic) bond motifs is 1. The van der Waals surface area contributed by atoms with Crippen LogP contribution in [0.1, 0.15) is 62.2 Å². The number of benzene rings is 2. The van der Waals surface area contributed by atoms with Crippen molar-refractivity contribution in [2.75, 3.05) is 20.0 Å². The van der Waals surface area contributed by atoms with Crippen molar-refractivity contribution in [3.05, 3.63) is 71.8 Å². The molecule has 0 radical (unpaired) electrons. The van der Waals surface area contributed by atoms with Gasteiger partial charge in [0.05, 0.1) is 19.3 Å². The lowest BCUT2D eigenvalue weighted by atomic mass is 9.78. The lowest BCUT2D eigenvalue weighted by Gasteiger charge is -2.45. The standard InChI is InChI=1S/C26H35NO4/c28-17-8-7-15-26-16-9-14-24(20-30-21-29-19-22-10-3-1-4-11-22)27(26)31-25(18-26)23-12-5-2-6-13-23/h1-6,10-13,24-25,28H,7-9,14-21H2/t24-,25+,26-/m1/s1. The van der Waals surface area contributed by atoms with Crippen molar-refractivity contribution in [1.82, 2.24) is 5.06 Å². The molecule has 2 aliphatic heterocycles. The van der Waals surface area contributed by atoms with Crippen LogP contribution in [0.2, 0.25) is 0 Å². The molecule has 0 aromatic heterocycles. The summed E-state index contributed by atoms with van der Waals surface area (Å²) in [5.74, 6) is 0. The molecule has 2 aromatic rings. The zero-order chi connectivity index (χ0) is 21.4. The molecule has 3 atom stereocenters. The Bertz CT molecular complexity index is 771. The third kappa shape index (κ3) is 5.73. The normalized spacial score (nSPS) is 26.1. The Hall–Kier alpha value is -1.76. The number of rotatable bonds is 11. The monoisotopic (exact) mass is 425 g/mol. The van der Waals surface area contributed by atoms with E-state index >= 15 is 0 Å². The second-order valence-electron chi connectivity index (χ2n) is 8.81. The molecule has 4 rings (SSSR count). The fraction of sp³-hybridized carbons (Fsp3) is 0.538. The summed E-state index contributed by atoms with van der Waals surface area (Å²) in [4.78, 5) is 6.57. The summed E-state index contributed by atoms with van der Waals surface area (Å²) in [6.07, 6.45) is 7.40. The van der Waals surface area contributed by atoms with Gasteiger partial charge < -0.3 is 14.6 Å². The summed E-state index contributed by atoms with van der Waals surface area (Å²) >= 11 is 0. The van der Waals surface area contributed by atoms with E-state index in [9.17, 15) is 5.11 Å². The minimum absolute atomic E-state index is 0.0346. The molecule has 5 nitrogen and oxygen atoms in total. The van der Waals surface area contributed by atoms with Gasteiger partial charge in [0.15, 0.2) is 0 Å². The number of piperidine rings is 1. The van der Waals surface area contributed by atoms with E-state index in [1.54, 1.807) is 0 Å². The molecule has 2 aromatic carbocycles. The van der Waals surface area contributed by atoms with Crippen LogP contribution >= 0.6 is 0 Å². The molecular weight excluding hydrogens is 390 g/mol. The summed E-state index contributed by atoms with van der Waals surface area (Å²) in [5.41, 5.74) is 2.43. The molecule has 2 aliphatic rings.